The quantitative estimate of drug-likeness (QED) is 0.916. The second-order valence-electron chi connectivity index (χ2n) is 3.52. The van der Waals surface area contributed by atoms with Gasteiger partial charge in [-0.05, 0) is 17.7 Å². The van der Waals surface area contributed by atoms with Gasteiger partial charge in [0.2, 0.25) is 0 Å². The molecule has 0 saturated carbocycles. The summed E-state index contributed by atoms with van der Waals surface area (Å²) in [6.07, 6.45) is 4.55. The second kappa shape index (κ2) is 6.11. The summed E-state index contributed by atoms with van der Waals surface area (Å²) in [5, 5.41) is 5.32. The molecule has 2 aromatic rings. The lowest BCUT2D eigenvalue weighted by Crippen LogP contribution is -2.28. The van der Waals surface area contributed by atoms with Crippen LogP contribution in [0.5, 0.6) is 0 Å². The molecule has 0 aliphatic heterocycles. The summed E-state index contributed by atoms with van der Waals surface area (Å²) in [5.74, 6) is 0.422. The second-order valence-corrected chi connectivity index (χ2v) is 4.44. The number of hydrogen-bond donors (Lipinski definition) is 2. The lowest BCUT2D eigenvalue weighted by molar-refractivity contribution is 0.251. The van der Waals surface area contributed by atoms with E-state index >= 15 is 0 Å². The van der Waals surface area contributed by atoms with Crippen LogP contribution < -0.4 is 10.6 Å². The lowest BCUT2D eigenvalue weighted by atomic mass is 10.2. The summed E-state index contributed by atoms with van der Waals surface area (Å²) < 4.78 is 1.01. The Hall–Kier alpha value is -1.95. The van der Waals surface area contributed by atoms with E-state index in [0.29, 0.717) is 12.4 Å². The number of amides is 2. The summed E-state index contributed by atoms with van der Waals surface area (Å²) in [4.78, 5) is 19.4. The first kappa shape index (κ1) is 12.5. The number of nitrogens with zero attached hydrogens (tertiary/aromatic N) is 2. The summed E-state index contributed by atoms with van der Waals surface area (Å²) in [5.41, 5.74) is 1.02. The Bertz CT molecular complexity index is 515. The zero-order valence-corrected chi connectivity index (χ0v) is 11.0. The van der Waals surface area contributed by atoms with E-state index in [4.69, 9.17) is 0 Å². The Kier molecular flexibility index (Phi) is 4.25. The van der Waals surface area contributed by atoms with Crippen LogP contribution in [0.4, 0.5) is 10.6 Å². The molecule has 92 valence electrons. The summed E-state index contributed by atoms with van der Waals surface area (Å²) in [7, 11) is 0. The number of aromatic nitrogens is 2. The minimum Gasteiger partial charge on any atom is -0.334 e. The van der Waals surface area contributed by atoms with Gasteiger partial charge >= 0.3 is 6.03 Å². The highest BCUT2D eigenvalue weighted by atomic mass is 79.9. The number of rotatable bonds is 3. The molecule has 6 heteroatoms. The smallest absolute Gasteiger partial charge is 0.320 e. The number of halogens is 1. The van der Waals surface area contributed by atoms with Gasteiger partial charge in [-0.25, -0.2) is 9.78 Å². The SMILES string of the molecule is O=C(NCc1ccc(Br)cc1)Nc1cnccn1. The number of carbonyl (C=O) groups excluding carboxylic acids is 1. The predicted molar refractivity (Wildman–Crippen MR) is 72.0 cm³/mol. The van der Waals surface area contributed by atoms with E-state index in [1.807, 2.05) is 24.3 Å². The predicted octanol–water partition coefficient (Wildman–Crippen LogP) is 2.56. The van der Waals surface area contributed by atoms with Crippen molar-refractivity contribution >= 4 is 27.8 Å². The van der Waals surface area contributed by atoms with Crippen molar-refractivity contribution in [2.45, 2.75) is 6.54 Å². The van der Waals surface area contributed by atoms with Crippen LogP contribution >= 0.6 is 15.9 Å². The molecule has 0 saturated heterocycles. The minimum absolute atomic E-state index is 0.307. The molecule has 5 nitrogen and oxygen atoms in total. The molecule has 1 heterocycles. The first-order valence-corrected chi connectivity index (χ1v) is 6.08. The monoisotopic (exact) mass is 306 g/mol. The summed E-state index contributed by atoms with van der Waals surface area (Å²) >= 11 is 3.35. The molecule has 2 rings (SSSR count). The highest BCUT2D eigenvalue weighted by Gasteiger charge is 2.02. The fourth-order valence-corrected chi connectivity index (χ4v) is 1.57. The van der Waals surface area contributed by atoms with Crippen molar-refractivity contribution in [1.29, 1.82) is 0 Å². The topological polar surface area (TPSA) is 66.9 Å². The van der Waals surface area contributed by atoms with E-state index in [1.54, 1.807) is 6.20 Å². The largest absolute Gasteiger partial charge is 0.334 e. The van der Waals surface area contributed by atoms with Crippen LogP contribution in [0.1, 0.15) is 5.56 Å². The van der Waals surface area contributed by atoms with Crippen LogP contribution in [0.25, 0.3) is 0 Å². The van der Waals surface area contributed by atoms with Gasteiger partial charge in [0, 0.05) is 23.4 Å². The van der Waals surface area contributed by atoms with Crippen molar-refractivity contribution in [3.8, 4) is 0 Å². The fourth-order valence-electron chi connectivity index (χ4n) is 1.31. The third-order valence-corrected chi connectivity index (χ3v) is 2.70. The third kappa shape index (κ3) is 3.81. The van der Waals surface area contributed by atoms with Crippen molar-refractivity contribution in [1.82, 2.24) is 15.3 Å². The molecule has 0 spiro atoms. The number of anilines is 1. The van der Waals surface area contributed by atoms with E-state index < -0.39 is 0 Å². The van der Waals surface area contributed by atoms with Crippen molar-refractivity contribution < 1.29 is 4.79 Å². The van der Waals surface area contributed by atoms with Crippen LogP contribution in [-0.2, 0) is 6.54 Å². The highest BCUT2D eigenvalue weighted by molar-refractivity contribution is 9.10. The molecule has 1 aromatic carbocycles. The van der Waals surface area contributed by atoms with Gasteiger partial charge in [-0.1, -0.05) is 28.1 Å². The van der Waals surface area contributed by atoms with E-state index in [2.05, 4.69) is 36.5 Å². The van der Waals surface area contributed by atoms with E-state index in [1.165, 1.54) is 12.4 Å². The third-order valence-electron chi connectivity index (χ3n) is 2.17. The fraction of sp³-hybridized carbons (Fsp3) is 0.0833. The molecule has 0 aliphatic rings. The average Bonchev–Trinajstić information content (AvgIpc) is 2.39. The van der Waals surface area contributed by atoms with Gasteiger partial charge in [0.15, 0.2) is 5.82 Å². The van der Waals surface area contributed by atoms with Gasteiger partial charge in [-0.2, -0.15) is 0 Å². The van der Waals surface area contributed by atoms with E-state index in [9.17, 15) is 4.79 Å². The molecular weight excluding hydrogens is 296 g/mol. The normalized spacial score (nSPS) is 9.83. The number of nitrogens with one attached hydrogen (secondary N) is 2. The van der Waals surface area contributed by atoms with Gasteiger partial charge in [0.1, 0.15) is 0 Å². The van der Waals surface area contributed by atoms with Crippen LogP contribution in [0.3, 0.4) is 0 Å². The van der Waals surface area contributed by atoms with Gasteiger partial charge in [0.25, 0.3) is 0 Å². The van der Waals surface area contributed by atoms with Crippen LogP contribution in [0.2, 0.25) is 0 Å². The number of benzene rings is 1. The molecule has 0 radical (unpaired) electrons. The molecule has 1 aromatic heterocycles. The molecule has 18 heavy (non-hydrogen) atoms. The molecule has 2 amide bonds. The Morgan fingerprint density at radius 2 is 2.00 bits per heavy atom. The van der Waals surface area contributed by atoms with Crippen molar-refractivity contribution in [3.05, 3.63) is 52.9 Å². The number of carbonyl (C=O) groups is 1. The Morgan fingerprint density at radius 3 is 2.67 bits per heavy atom. The van der Waals surface area contributed by atoms with E-state index in [-0.39, 0.29) is 6.03 Å². The summed E-state index contributed by atoms with van der Waals surface area (Å²) in [6, 6.07) is 7.42. The van der Waals surface area contributed by atoms with Crippen molar-refractivity contribution in [2.75, 3.05) is 5.32 Å². The first-order chi connectivity index (χ1) is 8.74. The maximum absolute atomic E-state index is 11.6. The van der Waals surface area contributed by atoms with Crippen LogP contribution in [0, 0.1) is 0 Å². The standard InChI is InChI=1S/C12H11BrN4O/c13-10-3-1-9(2-4-10)7-16-12(18)17-11-8-14-5-6-15-11/h1-6,8H,7H2,(H2,15,16,17,18). The molecular formula is C12H11BrN4O. The molecule has 0 bridgehead atoms. The number of hydrogen-bond acceptors (Lipinski definition) is 3. The Morgan fingerprint density at radius 1 is 1.22 bits per heavy atom. The van der Waals surface area contributed by atoms with E-state index in [0.717, 1.165) is 10.0 Å². The maximum Gasteiger partial charge on any atom is 0.320 e. The van der Waals surface area contributed by atoms with Crippen LogP contribution in [-0.4, -0.2) is 16.0 Å². The van der Waals surface area contributed by atoms with Gasteiger partial charge < -0.3 is 5.32 Å². The molecule has 0 aliphatic carbocycles. The molecule has 0 unspecified atom stereocenters. The highest BCUT2D eigenvalue weighted by Crippen LogP contribution is 2.10. The Labute approximate surface area is 113 Å². The van der Waals surface area contributed by atoms with Gasteiger partial charge in [-0.3, -0.25) is 10.3 Å². The van der Waals surface area contributed by atoms with Gasteiger partial charge in [0.05, 0.1) is 6.20 Å². The van der Waals surface area contributed by atoms with Crippen LogP contribution in [0.15, 0.2) is 47.3 Å². The maximum atomic E-state index is 11.6. The summed E-state index contributed by atoms with van der Waals surface area (Å²) in [6.45, 7) is 0.458. The average molecular weight is 307 g/mol. The minimum atomic E-state index is -0.307. The zero-order valence-electron chi connectivity index (χ0n) is 9.43. The van der Waals surface area contributed by atoms with Crippen molar-refractivity contribution in [2.24, 2.45) is 0 Å². The number of urea groups is 1. The first-order valence-electron chi connectivity index (χ1n) is 5.29. The molecule has 0 atom stereocenters. The Balaban J connectivity index is 1.83. The molecule has 2 N–H and O–H groups in total. The van der Waals surface area contributed by atoms with Gasteiger partial charge in [-0.15, -0.1) is 0 Å². The zero-order chi connectivity index (χ0) is 12.8. The molecule has 0 fully saturated rings. The lowest BCUT2D eigenvalue weighted by Gasteiger charge is -2.06. The van der Waals surface area contributed by atoms with Crippen molar-refractivity contribution in [3.63, 3.8) is 0 Å².